The highest BCUT2D eigenvalue weighted by Crippen LogP contribution is 2.21. The molecule has 1 aromatic heterocycles. The molecule has 0 bridgehead atoms. The van der Waals surface area contributed by atoms with Crippen molar-refractivity contribution >= 4 is 28.3 Å². The van der Waals surface area contributed by atoms with Crippen molar-refractivity contribution < 1.29 is 4.79 Å². The van der Waals surface area contributed by atoms with E-state index in [0.29, 0.717) is 6.42 Å². The molecule has 21 heavy (non-hydrogen) atoms. The summed E-state index contributed by atoms with van der Waals surface area (Å²) in [6.07, 6.45) is 2.30. The summed E-state index contributed by atoms with van der Waals surface area (Å²) in [4.78, 5) is 16.7. The molecule has 0 fully saturated rings. The Balaban J connectivity index is 1.70. The van der Waals surface area contributed by atoms with Gasteiger partial charge in [0.15, 0.2) is 5.78 Å². The van der Waals surface area contributed by atoms with Gasteiger partial charge in [-0.1, -0.05) is 48.5 Å². The summed E-state index contributed by atoms with van der Waals surface area (Å²) in [6.45, 7) is 0. The first-order chi connectivity index (χ1) is 10.3. The van der Waals surface area contributed by atoms with E-state index in [1.54, 1.807) is 18.0 Å². The molecule has 0 amide bonds. The second kappa shape index (κ2) is 6.55. The van der Waals surface area contributed by atoms with Gasteiger partial charge in [0, 0.05) is 23.9 Å². The highest BCUT2D eigenvalue weighted by atomic mass is 32.2. The third-order valence-corrected chi connectivity index (χ3v) is 4.25. The molecule has 2 nitrogen and oxygen atoms in total. The Kier molecular flexibility index (Phi) is 4.31. The summed E-state index contributed by atoms with van der Waals surface area (Å²) in [7, 11) is 0. The van der Waals surface area contributed by atoms with Crippen LogP contribution in [-0.2, 0) is 0 Å². The lowest BCUT2D eigenvalue weighted by atomic mass is 10.0. The van der Waals surface area contributed by atoms with Crippen molar-refractivity contribution in [1.82, 2.24) is 4.98 Å². The Labute approximate surface area is 128 Å². The average Bonchev–Trinajstić information content (AvgIpc) is 2.55. The Bertz CT molecular complexity index is 750. The van der Waals surface area contributed by atoms with Crippen LogP contribution in [0.4, 0.5) is 0 Å². The standard InChI is InChI=1S/C18H15NOS/c20-17(11-13-21-18-10-3-4-12-19-18)16-9-5-7-14-6-1-2-8-15(14)16/h1-10,12H,11,13H2. The van der Waals surface area contributed by atoms with Gasteiger partial charge in [0.05, 0.1) is 5.03 Å². The van der Waals surface area contributed by atoms with Crippen LogP contribution in [0.3, 0.4) is 0 Å². The average molecular weight is 293 g/mol. The van der Waals surface area contributed by atoms with E-state index in [9.17, 15) is 4.79 Å². The van der Waals surface area contributed by atoms with Gasteiger partial charge in [-0.3, -0.25) is 4.79 Å². The molecule has 2 aromatic carbocycles. The minimum absolute atomic E-state index is 0.190. The van der Waals surface area contributed by atoms with E-state index in [2.05, 4.69) is 4.98 Å². The molecule has 0 atom stereocenters. The van der Waals surface area contributed by atoms with Crippen molar-refractivity contribution in [3.05, 3.63) is 72.4 Å². The molecule has 0 spiro atoms. The fourth-order valence-corrected chi connectivity index (χ4v) is 3.09. The van der Waals surface area contributed by atoms with Crippen LogP contribution < -0.4 is 0 Å². The van der Waals surface area contributed by atoms with Gasteiger partial charge in [-0.25, -0.2) is 4.98 Å². The SMILES string of the molecule is O=C(CCSc1ccccn1)c1cccc2ccccc12. The van der Waals surface area contributed by atoms with Crippen LogP contribution in [0.1, 0.15) is 16.8 Å². The second-order valence-electron chi connectivity index (χ2n) is 4.72. The first-order valence-corrected chi connectivity index (χ1v) is 7.88. The number of nitrogens with zero attached hydrogens (tertiary/aromatic N) is 1. The number of rotatable bonds is 5. The molecule has 104 valence electrons. The molecular weight excluding hydrogens is 278 g/mol. The predicted molar refractivity (Wildman–Crippen MR) is 87.9 cm³/mol. The monoisotopic (exact) mass is 293 g/mol. The number of benzene rings is 2. The molecule has 0 aliphatic carbocycles. The lowest BCUT2D eigenvalue weighted by molar-refractivity contribution is 0.0991. The van der Waals surface area contributed by atoms with Gasteiger partial charge >= 0.3 is 0 Å². The van der Waals surface area contributed by atoms with Crippen LogP contribution in [-0.4, -0.2) is 16.5 Å². The van der Waals surface area contributed by atoms with Gasteiger partial charge in [0.2, 0.25) is 0 Å². The van der Waals surface area contributed by atoms with E-state index >= 15 is 0 Å². The molecule has 0 unspecified atom stereocenters. The van der Waals surface area contributed by atoms with E-state index in [4.69, 9.17) is 0 Å². The number of Topliss-reactive ketones (excluding diaryl/α,β-unsaturated/α-hetero) is 1. The zero-order chi connectivity index (χ0) is 14.5. The number of pyridine rings is 1. The molecule has 0 saturated heterocycles. The quantitative estimate of drug-likeness (QED) is 0.508. The summed E-state index contributed by atoms with van der Waals surface area (Å²) in [5.74, 6) is 0.939. The highest BCUT2D eigenvalue weighted by molar-refractivity contribution is 7.99. The second-order valence-corrected chi connectivity index (χ2v) is 5.83. The van der Waals surface area contributed by atoms with E-state index in [1.807, 2.05) is 60.7 Å². The zero-order valence-corrected chi connectivity index (χ0v) is 12.3. The first kappa shape index (κ1) is 13.8. The van der Waals surface area contributed by atoms with Gasteiger partial charge in [0.25, 0.3) is 0 Å². The van der Waals surface area contributed by atoms with Gasteiger partial charge in [-0.15, -0.1) is 11.8 Å². The summed E-state index contributed by atoms with van der Waals surface area (Å²) in [5, 5.41) is 3.11. The number of aromatic nitrogens is 1. The lowest BCUT2D eigenvalue weighted by Gasteiger charge is -2.05. The summed E-state index contributed by atoms with van der Waals surface area (Å²) >= 11 is 1.62. The molecule has 0 radical (unpaired) electrons. The number of ketones is 1. The van der Waals surface area contributed by atoms with E-state index in [0.717, 1.165) is 27.1 Å². The molecule has 0 saturated carbocycles. The molecule has 3 rings (SSSR count). The van der Waals surface area contributed by atoms with E-state index < -0.39 is 0 Å². The van der Waals surface area contributed by atoms with Crippen LogP contribution >= 0.6 is 11.8 Å². The van der Waals surface area contributed by atoms with Crippen LogP contribution in [0.2, 0.25) is 0 Å². The maximum atomic E-state index is 12.4. The number of fused-ring (bicyclic) bond motifs is 1. The smallest absolute Gasteiger partial charge is 0.164 e. The molecule has 0 N–H and O–H groups in total. The van der Waals surface area contributed by atoms with E-state index in [-0.39, 0.29) is 5.78 Å². The summed E-state index contributed by atoms with van der Waals surface area (Å²) < 4.78 is 0. The van der Waals surface area contributed by atoms with Crippen LogP contribution in [0.15, 0.2) is 71.9 Å². The maximum absolute atomic E-state index is 12.4. The summed E-state index contributed by atoms with van der Waals surface area (Å²) in [6, 6.07) is 19.7. The Morgan fingerprint density at radius 3 is 2.62 bits per heavy atom. The summed E-state index contributed by atoms with van der Waals surface area (Å²) in [5.41, 5.74) is 0.815. The van der Waals surface area contributed by atoms with Crippen molar-refractivity contribution in [2.24, 2.45) is 0 Å². The minimum atomic E-state index is 0.190. The zero-order valence-electron chi connectivity index (χ0n) is 11.5. The van der Waals surface area contributed by atoms with Gasteiger partial charge in [-0.2, -0.15) is 0 Å². The Morgan fingerprint density at radius 2 is 1.76 bits per heavy atom. The number of carbonyl (C=O) groups excluding carboxylic acids is 1. The largest absolute Gasteiger partial charge is 0.294 e. The number of hydrogen-bond acceptors (Lipinski definition) is 3. The molecule has 3 aromatic rings. The Morgan fingerprint density at radius 1 is 0.952 bits per heavy atom. The van der Waals surface area contributed by atoms with Crippen molar-refractivity contribution in [2.45, 2.75) is 11.4 Å². The molecule has 0 aliphatic heterocycles. The van der Waals surface area contributed by atoms with E-state index in [1.165, 1.54) is 0 Å². The molecule has 0 aliphatic rings. The van der Waals surface area contributed by atoms with Gasteiger partial charge < -0.3 is 0 Å². The predicted octanol–water partition coefficient (Wildman–Crippen LogP) is 4.60. The van der Waals surface area contributed by atoms with Crippen molar-refractivity contribution in [3.8, 4) is 0 Å². The van der Waals surface area contributed by atoms with Crippen molar-refractivity contribution in [2.75, 3.05) is 5.75 Å². The molecular formula is C18H15NOS. The Hall–Kier alpha value is -2.13. The van der Waals surface area contributed by atoms with Gasteiger partial charge in [-0.05, 0) is 22.9 Å². The maximum Gasteiger partial charge on any atom is 0.164 e. The van der Waals surface area contributed by atoms with Crippen molar-refractivity contribution in [1.29, 1.82) is 0 Å². The van der Waals surface area contributed by atoms with Gasteiger partial charge in [0.1, 0.15) is 0 Å². The molecule has 3 heteroatoms. The lowest BCUT2D eigenvalue weighted by Crippen LogP contribution is -2.01. The van der Waals surface area contributed by atoms with Crippen LogP contribution in [0.5, 0.6) is 0 Å². The minimum Gasteiger partial charge on any atom is -0.294 e. The molecule has 1 heterocycles. The first-order valence-electron chi connectivity index (χ1n) is 6.89. The van der Waals surface area contributed by atoms with Crippen LogP contribution in [0.25, 0.3) is 10.8 Å². The number of carbonyl (C=O) groups is 1. The van der Waals surface area contributed by atoms with Crippen LogP contribution in [0, 0.1) is 0 Å². The fraction of sp³-hybridized carbons (Fsp3) is 0.111. The fourth-order valence-electron chi connectivity index (χ4n) is 2.28. The topological polar surface area (TPSA) is 30.0 Å². The number of hydrogen-bond donors (Lipinski definition) is 0. The third kappa shape index (κ3) is 3.31. The van der Waals surface area contributed by atoms with Crippen molar-refractivity contribution in [3.63, 3.8) is 0 Å². The normalized spacial score (nSPS) is 10.7. The third-order valence-electron chi connectivity index (χ3n) is 3.31. The highest BCUT2D eigenvalue weighted by Gasteiger charge is 2.09. The number of thioether (sulfide) groups is 1.